The molecule has 1 aromatic carbocycles. The molecule has 5 nitrogen and oxygen atoms in total. The number of halogens is 2. The summed E-state index contributed by atoms with van der Waals surface area (Å²) < 4.78 is 1.91. The molecule has 4 rings (SSSR count). The van der Waals surface area contributed by atoms with Crippen LogP contribution in [0.5, 0.6) is 0 Å². The molecular formula is C17H22Cl2N4O. The van der Waals surface area contributed by atoms with Gasteiger partial charge in [-0.3, -0.25) is 9.48 Å². The van der Waals surface area contributed by atoms with Gasteiger partial charge in [-0.05, 0) is 42.9 Å². The van der Waals surface area contributed by atoms with E-state index < -0.39 is 0 Å². The summed E-state index contributed by atoms with van der Waals surface area (Å²) >= 11 is 0. The van der Waals surface area contributed by atoms with E-state index in [1.54, 1.807) is 6.20 Å². The van der Waals surface area contributed by atoms with Crippen LogP contribution in [0.3, 0.4) is 0 Å². The molecule has 2 unspecified atom stereocenters. The Kier molecular flexibility index (Phi) is 5.91. The third-order valence-electron chi connectivity index (χ3n) is 4.45. The first-order valence-corrected chi connectivity index (χ1v) is 7.88. The summed E-state index contributed by atoms with van der Waals surface area (Å²) in [5, 5.41) is 7.21. The predicted octanol–water partition coefficient (Wildman–Crippen LogP) is 3.20. The number of carbonyl (C=O) groups is 1. The molecule has 0 radical (unpaired) electrons. The SMILES string of the molecule is Cl.Cl.NC1CC1c1cccc(C(=O)Nc2cnn(CC3CC3)c2)c1. The van der Waals surface area contributed by atoms with Crippen molar-refractivity contribution in [2.24, 2.45) is 11.7 Å². The van der Waals surface area contributed by atoms with Crippen LogP contribution in [0.1, 0.15) is 41.1 Å². The van der Waals surface area contributed by atoms with E-state index in [9.17, 15) is 4.79 Å². The minimum atomic E-state index is -0.0953. The van der Waals surface area contributed by atoms with Gasteiger partial charge in [0.1, 0.15) is 0 Å². The Bertz CT molecular complexity index is 714. The number of benzene rings is 1. The Labute approximate surface area is 153 Å². The van der Waals surface area contributed by atoms with Gasteiger partial charge in [0, 0.05) is 30.3 Å². The van der Waals surface area contributed by atoms with E-state index >= 15 is 0 Å². The molecule has 2 fully saturated rings. The van der Waals surface area contributed by atoms with Crippen molar-refractivity contribution in [1.82, 2.24) is 9.78 Å². The van der Waals surface area contributed by atoms with Gasteiger partial charge < -0.3 is 11.1 Å². The maximum Gasteiger partial charge on any atom is 0.255 e. The van der Waals surface area contributed by atoms with E-state index in [1.165, 1.54) is 12.8 Å². The van der Waals surface area contributed by atoms with Crippen molar-refractivity contribution in [2.75, 3.05) is 5.32 Å². The highest BCUT2D eigenvalue weighted by Gasteiger charge is 2.34. The number of hydrogen-bond donors (Lipinski definition) is 2. The molecule has 130 valence electrons. The summed E-state index contributed by atoms with van der Waals surface area (Å²) in [4.78, 5) is 12.4. The van der Waals surface area contributed by atoms with Crippen molar-refractivity contribution in [2.45, 2.75) is 37.8 Å². The number of nitrogens with one attached hydrogen (secondary N) is 1. The van der Waals surface area contributed by atoms with Gasteiger partial charge in [0.15, 0.2) is 0 Å². The average molecular weight is 369 g/mol. The van der Waals surface area contributed by atoms with Crippen LogP contribution in [0.25, 0.3) is 0 Å². The second-order valence-corrected chi connectivity index (χ2v) is 6.48. The number of nitrogens with two attached hydrogens (primary N) is 1. The first-order chi connectivity index (χ1) is 10.7. The van der Waals surface area contributed by atoms with E-state index in [-0.39, 0.29) is 36.8 Å². The van der Waals surface area contributed by atoms with E-state index in [0.29, 0.717) is 11.5 Å². The minimum absolute atomic E-state index is 0. The lowest BCUT2D eigenvalue weighted by Crippen LogP contribution is -2.12. The summed E-state index contributed by atoms with van der Waals surface area (Å²) in [5.41, 5.74) is 8.46. The molecule has 3 N–H and O–H groups in total. The zero-order chi connectivity index (χ0) is 15.1. The average Bonchev–Trinajstić information content (AvgIpc) is 3.41. The fraction of sp³-hybridized carbons (Fsp3) is 0.412. The molecule has 1 amide bonds. The molecule has 7 heteroatoms. The molecule has 2 atom stereocenters. The second kappa shape index (κ2) is 7.55. The summed E-state index contributed by atoms with van der Waals surface area (Å²) in [5.74, 6) is 1.08. The number of hydrogen-bond acceptors (Lipinski definition) is 3. The lowest BCUT2D eigenvalue weighted by atomic mass is 10.1. The molecule has 1 aromatic heterocycles. The lowest BCUT2D eigenvalue weighted by molar-refractivity contribution is 0.102. The third kappa shape index (κ3) is 4.29. The fourth-order valence-electron chi connectivity index (χ4n) is 2.80. The van der Waals surface area contributed by atoms with Gasteiger partial charge in [-0.2, -0.15) is 5.10 Å². The van der Waals surface area contributed by atoms with Gasteiger partial charge in [0.25, 0.3) is 5.91 Å². The number of carbonyl (C=O) groups excluding carboxylic acids is 1. The lowest BCUT2D eigenvalue weighted by Gasteiger charge is -2.05. The van der Waals surface area contributed by atoms with Crippen molar-refractivity contribution in [3.63, 3.8) is 0 Å². The van der Waals surface area contributed by atoms with Crippen LogP contribution in [-0.2, 0) is 6.54 Å². The normalized spacial score (nSPS) is 21.4. The molecule has 2 aromatic rings. The van der Waals surface area contributed by atoms with Gasteiger partial charge in [-0.15, -0.1) is 24.8 Å². The third-order valence-corrected chi connectivity index (χ3v) is 4.45. The molecule has 1 heterocycles. The van der Waals surface area contributed by atoms with Crippen LogP contribution in [-0.4, -0.2) is 21.7 Å². The van der Waals surface area contributed by atoms with Gasteiger partial charge in [0.05, 0.1) is 11.9 Å². The van der Waals surface area contributed by atoms with Crippen molar-refractivity contribution in [3.05, 3.63) is 47.8 Å². The summed E-state index contributed by atoms with van der Waals surface area (Å²) in [6, 6.07) is 8.00. The molecule has 0 aliphatic heterocycles. The fourth-order valence-corrected chi connectivity index (χ4v) is 2.80. The van der Waals surface area contributed by atoms with Crippen LogP contribution in [0.4, 0.5) is 5.69 Å². The maximum absolute atomic E-state index is 12.4. The van der Waals surface area contributed by atoms with E-state index in [0.717, 1.165) is 30.1 Å². The maximum atomic E-state index is 12.4. The monoisotopic (exact) mass is 368 g/mol. The zero-order valence-electron chi connectivity index (χ0n) is 13.2. The van der Waals surface area contributed by atoms with Gasteiger partial charge in [-0.25, -0.2) is 0 Å². The van der Waals surface area contributed by atoms with E-state index in [4.69, 9.17) is 5.73 Å². The van der Waals surface area contributed by atoms with E-state index in [2.05, 4.69) is 10.4 Å². The van der Waals surface area contributed by atoms with Crippen molar-refractivity contribution >= 4 is 36.4 Å². The van der Waals surface area contributed by atoms with Crippen LogP contribution in [0, 0.1) is 5.92 Å². The van der Waals surface area contributed by atoms with Crippen LogP contribution >= 0.6 is 24.8 Å². The second-order valence-electron chi connectivity index (χ2n) is 6.48. The highest BCUT2D eigenvalue weighted by Crippen LogP contribution is 2.39. The van der Waals surface area contributed by atoms with Gasteiger partial charge >= 0.3 is 0 Å². The summed E-state index contributed by atoms with van der Waals surface area (Å²) in [6.45, 7) is 0.949. The van der Waals surface area contributed by atoms with E-state index in [1.807, 2.05) is 35.1 Å². The summed E-state index contributed by atoms with van der Waals surface area (Å²) in [7, 11) is 0. The molecule has 0 bridgehead atoms. The number of nitrogens with zero attached hydrogens (tertiary/aromatic N) is 2. The molecule has 2 aliphatic carbocycles. The van der Waals surface area contributed by atoms with Gasteiger partial charge in [0.2, 0.25) is 0 Å². The number of rotatable bonds is 5. The van der Waals surface area contributed by atoms with Crippen LogP contribution in [0.15, 0.2) is 36.7 Å². The first-order valence-electron chi connectivity index (χ1n) is 7.88. The van der Waals surface area contributed by atoms with Gasteiger partial charge in [-0.1, -0.05) is 12.1 Å². The van der Waals surface area contributed by atoms with Crippen LogP contribution < -0.4 is 11.1 Å². The van der Waals surface area contributed by atoms with Crippen molar-refractivity contribution in [3.8, 4) is 0 Å². The number of anilines is 1. The zero-order valence-corrected chi connectivity index (χ0v) is 14.9. The molecule has 2 aliphatic rings. The first kappa shape index (κ1) is 18.8. The smallest absolute Gasteiger partial charge is 0.255 e. The number of amides is 1. The van der Waals surface area contributed by atoms with Crippen molar-refractivity contribution in [1.29, 1.82) is 0 Å². The Hall–Kier alpha value is -1.56. The Morgan fingerprint density at radius 3 is 2.75 bits per heavy atom. The standard InChI is InChI=1S/C17H20N4O.2ClH/c18-16-7-15(16)12-2-1-3-13(6-12)17(22)20-14-8-19-21(10-14)9-11-4-5-11;;/h1-3,6,8,10-11,15-16H,4-5,7,9,18H2,(H,20,22);2*1H. The number of aromatic nitrogens is 2. The minimum Gasteiger partial charge on any atom is -0.327 e. The largest absolute Gasteiger partial charge is 0.327 e. The summed E-state index contributed by atoms with van der Waals surface area (Å²) in [6.07, 6.45) is 7.20. The van der Waals surface area contributed by atoms with Crippen LogP contribution in [0.2, 0.25) is 0 Å². The highest BCUT2D eigenvalue weighted by molar-refractivity contribution is 6.04. The van der Waals surface area contributed by atoms with Crippen molar-refractivity contribution < 1.29 is 4.79 Å². The Balaban J connectivity index is 0.00000104. The molecule has 0 spiro atoms. The molecular weight excluding hydrogens is 347 g/mol. The molecule has 2 saturated carbocycles. The quantitative estimate of drug-likeness (QED) is 0.850. The molecule has 24 heavy (non-hydrogen) atoms. The Morgan fingerprint density at radius 1 is 1.33 bits per heavy atom. The predicted molar refractivity (Wildman–Crippen MR) is 99.2 cm³/mol. The Morgan fingerprint density at radius 2 is 2.08 bits per heavy atom. The molecule has 0 saturated heterocycles. The highest BCUT2D eigenvalue weighted by atomic mass is 35.5. The topological polar surface area (TPSA) is 72.9 Å².